The van der Waals surface area contributed by atoms with Gasteiger partial charge >= 0.3 is 6.03 Å². The number of fused-ring (bicyclic) bond motifs is 4. The van der Waals surface area contributed by atoms with Crippen molar-refractivity contribution >= 4 is 17.8 Å². The zero-order valence-electron chi connectivity index (χ0n) is 18.5. The predicted molar refractivity (Wildman–Crippen MR) is 113 cm³/mol. The maximum Gasteiger partial charge on any atom is 0.320 e. The summed E-state index contributed by atoms with van der Waals surface area (Å²) in [7, 11) is 1.79. The van der Waals surface area contributed by atoms with Crippen LogP contribution in [0.4, 0.5) is 4.79 Å². The Kier molecular flexibility index (Phi) is 5.14. The zero-order valence-corrected chi connectivity index (χ0v) is 18.5. The van der Waals surface area contributed by atoms with Gasteiger partial charge in [0.1, 0.15) is 5.69 Å². The van der Waals surface area contributed by atoms with E-state index in [1.165, 1.54) is 0 Å². The van der Waals surface area contributed by atoms with Crippen LogP contribution in [0, 0.1) is 18.8 Å². The number of carbonyl (C=O) groups excluding carboxylic acids is 3. The first-order valence-electron chi connectivity index (χ1n) is 11.5. The molecule has 1 aromatic rings. The summed E-state index contributed by atoms with van der Waals surface area (Å²) in [6.45, 7) is 6.36. The van der Waals surface area contributed by atoms with Gasteiger partial charge in [-0.1, -0.05) is 0 Å². The average Bonchev–Trinajstić information content (AvgIpc) is 3.11. The molecule has 4 aliphatic heterocycles. The molecule has 4 aliphatic rings. The summed E-state index contributed by atoms with van der Waals surface area (Å²) < 4.78 is 1.63. The largest absolute Gasteiger partial charge is 0.339 e. The third-order valence-corrected chi connectivity index (χ3v) is 7.51. The summed E-state index contributed by atoms with van der Waals surface area (Å²) in [6, 6.07) is 2.21. The van der Waals surface area contributed by atoms with Crippen LogP contribution in [0.3, 0.4) is 0 Å². The van der Waals surface area contributed by atoms with Crippen LogP contribution in [0.1, 0.15) is 41.9 Å². The number of carbonyl (C=O) groups is 3. The normalized spacial score (nSPS) is 28.6. The molecular weight excluding hydrogens is 396 g/mol. The number of aryl methyl sites for hydroxylation is 2. The minimum absolute atomic E-state index is 0.0234. The summed E-state index contributed by atoms with van der Waals surface area (Å²) >= 11 is 0. The van der Waals surface area contributed by atoms with Crippen molar-refractivity contribution in [3.63, 3.8) is 0 Å². The Morgan fingerprint density at radius 3 is 2.48 bits per heavy atom. The molecule has 0 saturated carbocycles. The van der Waals surface area contributed by atoms with Crippen molar-refractivity contribution in [2.45, 2.75) is 38.6 Å². The molecule has 5 rings (SSSR count). The number of aromatic nitrogens is 2. The highest BCUT2D eigenvalue weighted by molar-refractivity contribution is 5.93. The summed E-state index contributed by atoms with van der Waals surface area (Å²) in [5.74, 6) is 1.06. The molecule has 0 radical (unpaired) electrons. The number of urea groups is 1. The number of hydrogen-bond donors (Lipinski definition) is 0. The Morgan fingerprint density at radius 1 is 1.03 bits per heavy atom. The van der Waals surface area contributed by atoms with Crippen molar-refractivity contribution in [2.75, 3.05) is 45.8 Å². The molecule has 2 bridgehead atoms. The van der Waals surface area contributed by atoms with Crippen LogP contribution in [-0.2, 0) is 11.8 Å². The lowest BCUT2D eigenvalue weighted by atomic mass is 9.76. The van der Waals surface area contributed by atoms with Crippen molar-refractivity contribution < 1.29 is 14.4 Å². The molecule has 4 amide bonds. The van der Waals surface area contributed by atoms with Gasteiger partial charge in [-0.2, -0.15) is 5.10 Å². The molecule has 31 heavy (non-hydrogen) atoms. The Labute approximate surface area is 182 Å². The van der Waals surface area contributed by atoms with Crippen molar-refractivity contribution in [1.82, 2.24) is 29.4 Å². The molecule has 0 aliphatic carbocycles. The molecule has 9 nitrogen and oxygen atoms in total. The van der Waals surface area contributed by atoms with E-state index in [0.717, 1.165) is 44.6 Å². The highest BCUT2D eigenvalue weighted by Crippen LogP contribution is 2.38. The van der Waals surface area contributed by atoms with E-state index in [-0.39, 0.29) is 11.9 Å². The van der Waals surface area contributed by atoms with Crippen LogP contribution in [0.5, 0.6) is 0 Å². The number of amides is 4. The fraction of sp³-hybridized carbons (Fsp3) is 0.727. The molecule has 0 N–H and O–H groups in total. The average molecular weight is 429 g/mol. The maximum atomic E-state index is 13.3. The van der Waals surface area contributed by atoms with Crippen LogP contribution in [0.15, 0.2) is 6.07 Å². The van der Waals surface area contributed by atoms with E-state index in [2.05, 4.69) is 10.00 Å². The molecule has 0 aromatic carbocycles. The van der Waals surface area contributed by atoms with E-state index in [1.807, 2.05) is 27.7 Å². The fourth-order valence-electron chi connectivity index (χ4n) is 6.04. The second-order valence-corrected chi connectivity index (χ2v) is 9.63. The van der Waals surface area contributed by atoms with Crippen molar-refractivity contribution in [1.29, 1.82) is 0 Å². The molecule has 168 valence electrons. The first-order chi connectivity index (χ1) is 14.9. The highest BCUT2D eigenvalue weighted by atomic mass is 16.2. The van der Waals surface area contributed by atoms with Crippen LogP contribution in [0.25, 0.3) is 0 Å². The SMILES string of the molecule is Cc1cc(C(=O)N2CCN(C(=O)N3C[C@H]4C[C@H](C3)[C@H]3CCCC(=O)N3C4)CC2)n(C)n1. The molecule has 1 aromatic heterocycles. The van der Waals surface area contributed by atoms with E-state index in [4.69, 9.17) is 0 Å². The van der Waals surface area contributed by atoms with Gasteiger partial charge in [-0.15, -0.1) is 0 Å². The van der Waals surface area contributed by atoms with Gasteiger partial charge in [-0.25, -0.2) is 4.79 Å². The van der Waals surface area contributed by atoms with Gasteiger partial charge < -0.3 is 19.6 Å². The van der Waals surface area contributed by atoms with Crippen LogP contribution in [0.2, 0.25) is 0 Å². The second kappa shape index (κ2) is 7.84. The molecule has 5 heterocycles. The van der Waals surface area contributed by atoms with Gasteiger partial charge in [0.05, 0.1) is 5.69 Å². The number of hydrogen-bond acceptors (Lipinski definition) is 4. The number of piperazine rings is 1. The number of rotatable bonds is 1. The minimum atomic E-state index is -0.0234. The molecule has 4 fully saturated rings. The lowest BCUT2D eigenvalue weighted by Gasteiger charge is -2.53. The maximum absolute atomic E-state index is 13.3. The Morgan fingerprint density at radius 2 is 1.77 bits per heavy atom. The predicted octanol–water partition coefficient (Wildman–Crippen LogP) is 0.939. The van der Waals surface area contributed by atoms with Crippen LogP contribution >= 0.6 is 0 Å². The zero-order chi connectivity index (χ0) is 21.7. The van der Waals surface area contributed by atoms with Crippen molar-refractivity contribution in [3.05, 3.63) is 17.5 Å². The fourth-order valence-corrected chi connectivity index (χ4v) is 6.04. The summed E-state index contributed by atoms with van der Waals surface area (Å²) in [6.07, 6.45) is 3.85. The minimum Gasteiger partial charge on any atom is -0.339 e. The summed E-state index contributed by atoms with van der Waals surface area (Å²) in [5, 5.41) is 4.27. The van der Waals surface area contributed by atoms with E-state index in [9.17, 15) is 14.4 Å². The Bertz CT molecular complexity index is 890. The van der Waals surface area contributed by atoms with Crippen molar-refractivity contribution in [3.8, 4) is 0 Å². The number of likely N-dealkylation sites (tertiary alicyclic amines) is 1. The quantitative estimate of drug-likeness (QED) is 0.667. The van der Waals surface area contributed by atoms with E-state index in [0.29, 0.717) is 62.1 Å². The molecule has 0 spiro atoms. The molecule has 4 saturated heterocycles. The second-order valence-electron chi connectivity index (χ2n) is 9.63. The number of nitrogens with zero attached hydrogens (tertiary/aromatic N) is 6. The lowest BCUT2D eigenvalue weighted by Crippen LogP contribution is -2.63. The smallest absolute Gasteiger partial charge is 0.320 e. The van der Waals surface area contributed by atoms with E-state index < -0.39 is 0 Å². The van der Waals surface area contributed by atoms with E-state index >= 15 is 0 Å². The Hall–Kier alpha value is -2.58. The monoisotopic (exact) mass is 428 g/mol. The standard InChI is InChI=1S/C22H32N6O3/c1-15-10-19(24(2)23-15)21(30)25-6-8-26(9-7-25)22(31)27-12-16-11-17(14-27)18-4-3-5-20(29)28(18)13-16/h10,16-18H,3-9,11-14H2,1-2H3/t16-,17-,18-/m1/s1. The third kappa shape index (κ3) is 3.68. The van der Waals surface area contributed by atoms with E-state index in [1.54, 1.807) is 11.7 Å². The van der Waals surface area contributed by atoms with Crippen molar-refractivity contribution in [2.24, 2.45) is 18.9 Å². The summed E-state index contributed by atoms with van der Waals surface area (Å²) in [4.78, 5) is 46.2. The Balaban J connectivity index is 1.19. The molecule has 3 atom stereocenters. The molecular formula is C22H32N6O3. The van der Waals surface area contributed by atoms with Gasteiger partial charge in [-0.05, 0) is 44.1 Å². The van der Waals surface area contributed by atoms with Gasteiger partial charge in [-0.3, -0.25) is 14.3 Å². The first kappa shape index (κ1) is 20.3. The number of piperidine rings is 3. The van der Waals surface area contributed by atoms with Gasteiger partial charge in [0, 0.05) is 65.3 Å². The van der Waals surface area contributed by atoms with Gasteiger partial charge in [0.25, 0.3) is 5.91 Å². The summed E-state index contributed by atoms with van der Waals surface area (Å²) in [5.41, 5.74) is 1.42. The molecule has 0 unspecified atom stereocenters. The third-order valence-electron chi connectivity index (χ3n) is 7.51. The molecule has 9 heteroatoms. The highest BCUT2D eigenvalue weighted by Gasteiger charge is 2.45. The first-order valence-corrected chi connectivity index (χ1v) is 11.5. The topological polar surface area (TPSA) is 82.0 Å². The lowest BCUT2D eigenvalue weighted by molar-refractivity contribution is -0.144. The van der Waals surface area contributed by atoms with Crippen LogP contribution < -0.4 is 0 Å². The van der Waals surface area contributed by atoms with Crippen LogP contribution in [-0.4, -0.2) is 99.1 Å². The van der Waals surface area contributed by atoms with Gasteiger partial charge in [0.15, 0.2) is 0 Å². The van der Waals surface area contributed by atoms with Gasteiger partial charge in [0.2, 0.25) is 5.91 Å².